The van der Waals surface area contributed by atoms with E-state index in [2.05, 4.69) is 10.3 Å². The Kier molecular flexibility index (Phi) is 5.00. The number of hydrogen-bond acceptors (Lipinski definition) is 5. The molecule has 0 spiro atoms. The van der Waals surface area contributed by atoms with E-state index in [1.807, 2.05) is 43.3 Å². The third-order valence-electron chi connectivity index (χ3n) is 3.61. The zero-order valence-electron chi connectivity index (χ0n) is 14.2. The van der Waals surface area contributed by atoms with E-state index in [0.29, 0.717) is 11.5 Å². The van der Waals surface area contributed by atoms with Crippen molar-refractivity contribution in [3.05, 3.63) is 53.0 Å². The van der Waals surface area contributed by atoms with E-state index in [0.717, 1.165) is 26.5 Å². The molecule has 0 fully saturated rings. The lowest BCUT2D eigenvalue weighted by atomic mass is 10.1. The first kappa shape index (κ1) is 17.0. The average molecular weight is 354 g/mol. The first-order valence-corrected chi connectivity index (χ1v) is 8.49. The van der Waals surface area contributed by atoms with Gasteiger partial charge in [-0.3, -0.25) is 4.79 Å². The minimum atomic E-state index is -0.217. The Morgan fingerprint density at radius 1 is 1.20 bits per heavy atom. The summed E-state index contributed by atoms with van der Waals surface area (Å²) in [6.45, 7) is 1.97. The van der Waals surface area contributed by atoms with Crippen LogP contribution in [0, 0.1) is 6.92 Å². The standard InChI is InChI=1S/C19H18N2O3S/c1-12-20-15-9-8-14(11-17(15)25-12)21-18(22)10-7-13-5-4-6-16(23-2)19(13)24-3/h4-11H,1-3H3,(H,21,22). The number of carbonyl (C=O) groups is 1. The van der Waals surface area contributed by atoms with Gasteiger partial charge in [-0.25, -0.2) is 4.98 Å². The lowest BCUT2D eigenvalue weighted by molar-refractivity contribution is -0.111. The van der Waals surface area contributed by atoms with Crippen LogP contribution >= 0.6 is 11.3 Å². The number of nitrogens with one attached hydrogen (secondary N) is 1. The van der Waals surface area contributed by atoms with Gasteiger partial charge in [-0.1, -0.05) is 12.1 Å². The highest BCUT2D eigenvalue weighted by molar-refractivity contribution is 7.18. The summed E-state index contributed by atoms with van der Waals surface area (Å²) >= 11 is 1.60. The second-order valence-corrected chi connectivity index (χ2v) is 6.56. The molecule has 1 heterocycles. The molecule has 1 N–H and O–H groups in total. The number of nitrogens with zero attached hydrogens (tertiary/aromatic N) is 1. The Morgan fingerprint density at radius 3 is 2.80 bits per heavy atom. The van der Waals surface area contributed by atoms with Gasteiger partial charge in [0.15, 0.2) is 11.5 Å². The summed E-state index contributed by atoms with van der Waals surface area (Å²) in [6, 6.07) is 11.2. The molecular weight excluding hydrogens is 336 g/mol. The van der Waals surface area contributed by atoms with E-state index >= 15 is 0 Å². The van der Waals surface area contributed by atoms with Crippen molar-refractivity contribution in [2.24, 2.45) is 0 Å². The molecule has 3 rings (SSSR count). The number of ether oxygens (including phenoxy) is 2. The third kappa shape index (κ3) is 3.80. The monoisotopic (exact) mass is 354 g/mol. The second-order valence-electron chi connectivity index (χ2n) is 5.32. The highest BCUT2D eigenvalue weighted by Crippen LogP contribution is 2.31. The van der Waals surface area contributed by atoms with Crippen LogP contribution in [0.3, 0.4) is 0 Å². The lowest BCUT2D eigenvalue weighted by Gasteiger charge is -2.09. The number of aryl methyl sites for hydroxylation is 1. The molecule has 0 saturated heterocycles. The van der Waals surface area contributed by atoms with Gasteiger partial charge in [0, 0.05) is 17.3 Å². The summed E-state index contributed by atoms with van der Waals surface area (Å²) in [5.41, 5.74) is 2.45. The van der Waals surface area contributed by atoms with Crippen molar-refractivity contribution in [3.63, 3.8) is 0 Å². The van der Waals surface area contributed by atoms with Gasteiger partial charge in [0.1, 0.15) is 0 Å². The van der Waals surface area contributed by atoms with Crippen LogP contribution in [-0.4, -0.2) is 25.1 Å². The molecule has 0 atom stereocenters. The minimum absolute atomic E-state index is 0.217. The molecule has 1 aromatic heterocycles. The molecule has 0 aliphatic heterocycles. The molecule has 5 nitrogen and oxygen atoms in total. The first-order chi connectivity index (χ1) is 12.1. The molecule has 0 saturated carbocycles. The van der Waals surface area contributed by atoms with Crippen molar-refractivity contribution in [2.45, 2.75) is 6.92 Å². The van der Waals surface area contributed by atoms with Crippen LogP contribution in [0.15, 0.2) is 42.5 Å². The van der Waals surface area contributed by atoms with E-state index in [-0.39, 0.29) is 5.91 Å². The highest BCUT2D eigenvalue weighted by Gasteiger charge is 2.08. The van der Waals surface area contributed by atoms with Crippen molar-refractivity contribution in [2.75, 3.05) is 19.5 Å². The molecule has 0 unspecified atom stereocenters. The maximum absolute atomic E-state index is 12.2. The van der Waals surface area contributed by atoms with Crippen LogP contribution in [0.25, 0.3) is 16.3 Å². The average Bonchev–Trinajstić information content (AvgIpc) is 2.98. The third-order valence-corrected chi connectivity index (χ3v) is 4.54. The molecule has 0 bridgehead atoms. The van der Waals surface area contributed by atoms with Crippen LogP contribution in [0.4, 0.5) is 5.69 Å². The fourth-order valence-corrected chi connectivity index (χ4v) is 3.38. The maximum Gasteiger partial charge on any atom is 0.248 e. The van der Waals surface area contributed by atoms with Gasteiger partial charge in [0.25, 0.3) is 0 Å². The molecule has 2 aromatic carbocycles. The fraction of sp³-hybridized carbons (Fsp3) is 0.158. The number of amides is 1. The molecule has 3 aromatic rings. The lowest BCUT2D eigenvalue weighted by Crippen LogP contribution is -2.07. The Hall–Kier alpha value is -2.86. The zero-order chi connectivity index (χ0) is 17.8. The van der Waals surface area contributed by atoms with Crippen molar-refractivity contribution in [1.82, 2.24) is 4.98 Å². The van der Waals surface area contributed by atoms with Gasteiger partial charge in [0.2, 0.25) is 5.91 Å². The van der Waals surface area contributed by atoms with Crippen LogP contribution in [0.1, 0.15) is 10.6 Å². The van der Waals surface area contributed by atoms with Crippen molar-refractivity contribution in [1.29, 1.82) is 0 Å². The van der Waals surface area contributed by atoms with Gasteiger partial charge < -0.3 is 14.8 Å². The quantitative estimate of drug-likeness (QED) is 0.695. The molecular formula is C19H18N2O3S. The molecule has 128 valence electrons. The Balaban J connectivity index is 1.76. The Bertz CT molecular complexity index is 947. The van der Waals surface area contributed by atoms with Gasteiger partial charge in [-0.2, -0.15) is 0 Å². The largest absolute Gasteiger partial charge is 0.493 e. The molecule has 6 heteroatoms. The number of methoxy groups -OCH3 is 2. The number of carbonyl (C=O) groups excluding carboxylic acids is 1. The number of anilines is 1. The summed E-state index contributed by atoms with van der Waals surface area (Å²) in [7, 11) is 3.15. The molecule has 0 aliphatic rings. The number of aromatic nitrogens is 1. The van der Waals surface area contributed by atoms with E-state index in [1.54, 1.807) is 31.6 Å². The molecule has 0 aliphatic carbocycles. The van der Waals surface area contributed by atoms with Crippen LogP contribution < -0.4 is 14.8 Å². The molecule has 0 radical (unpaired) electrons. The first-order valence-electron chi connectivity index (χ1n) is 7.68. The number of para-hydroxylation sites is 1. The summed E-state index contributed by atoms with van der Waals surface area (Å²) in [4.78, 5) is 16.6. The zero-order valence-corrected chi connectivity index (χ0v) is 15.0. The second kappa shape index (κ2) is 7.36. The van der Waals surface area contributed by atoms with Crippen LogP contribution in [0.2, 0.25) is 0 Å². The molecule has 25 heavy (non-hydrogen) atoms. The predicted molar refractivity (Wildman–Crippen MR) is 102 cm³/mol. The summed E-state index contributed by atoms with van der Waals surface area (Å²) in [5, 5.41) is 3.86. The van der Waals surface area contributed by atoms with Gasteiger partial charge in [-0.05, 0) is 37.3 Å². The number of benzene rings is 2. The predicted octanol–water partition coefficient (Wildman–Crippen LogP) is 4.27. The molecule has 1 amide bonds. The van der Waals surface area contributed by atoms with E-state index in [1.165, 1.54) is 6.08 Å². The summed E-state index contributed by atoms with van der Waals surface area (Å²) in [5.74, 6) is 0.997. The van der Waals surface area contributed by atoms with Crippen LogP contribution in [-0.2, 0) is 4.79 Å². The van der Waals surface area contributed by atoms with E-state index < -0.39 is 0 Å². The number of rotatable bonds is 5. The Labute approximate surface area is 149 Å². The minimum Gasteiger partial charge on any atom is -0.493 e. The highest BCUT2D eigenvalue weighted by atomic mass is 32.1. The van der Waals surface area contributed by atoms with Crippen molar-refractivity contribution >= 4 is 39.2 Å². The number of hydrogen-bond donors (Lipinski definition) is 1. The van der Waals surface area contributed by atoms with E-state index in [4.69, 9.17) is 9.47 Å². The van der Waals surface area contributed by atoms with Gasteiger partial charge in [0.05, 0.1) is 29.4 Å². The Morgan fingerprint density at radius 2 is 2.04 bits per heavy atom. The van der Waals surface area contributed by atoms with Crippen molar-refractivity contribution < 1.29 is 14.3 Å². The topological polar surface area (TPSA) is 60.5 Å². The normalized spacial score (nSPS) is 11.0. The van der Waals surface area contributed by atoms with E-state index in [9.17, 15) is 4.79 Å². The SMILES string of the molecule is COc1cccc(C=CC(=O)Nc2ccc3nc(C)sc3c2)c1OC. The summed E-state index contributed by atoms with van der Waals surface area (Å²) in [6.07, 6.45) is 3.17. The number of fused-ring (bicyclic) bond motifs is 1. The number of thiazole rings is 1. The van der Waals surface area contributed by atoms with Gasteiger partial charge in [-0.15, -0.1) is 11.3 Å². The van der Waals surface area contributed by atoms with Gasteiger partial charge >= 0.3 is 0 Å². The fourth-order valence-electron chi connectivity index (χ4n) is 2.51. The van der Waals surface area contributed by atoms with Crippen LogP contribution in [0.5, 0.6) is 11.5 Å². The summed E-state index contributed by atoms with van der Waals surface area (Å²) < 4.78 is 11.7. The van der Waals surface area contributed by atoms with Crippen molar-refractivity contribution in [3.8, 4) is 11.5 Å². The maximum atomic E-state index is 12.2. The smallest absolute Gasteiger partial charge is 0.248 e.